The molecule has 0 saturated heterocycles. The number of benzene rings is 2. The van der Waals surface area contributed by atoms with Gasteiger partial charge in [0.2, 0.25) is 5.88 Å². The van der Waals surface area contributed by atoms with Gasteiger partial charge in [-0.1, -0.05) is 35.9 Å². The van der Waals surface area contributed by atoms with Crippen LogP contribution in [0.1, 0.15) is 40.9 Å². The van der Waals surface area contributed by atoms with Crippen LogP contribution in [0.3, 0.4) is 0 Å². The highest BCUT2D eigenvalue weighted by atomic mass is 16.5. The summed E-state index contributed by atoms with van der Waals surface area (Å²) in [5.41, 5.74) is 8.65. The zero-order chi connectivity index (χ0) is 23.5. The lowest BCUT2D eigenvalue weighted by Crippen LogP contribution is -2.26. The van der Waals surface area contributed by atoms with Crippen molar-refractivity contribution in [1.29, 1.82) is 5.26 Å². The summed E-state index contributed by atoms with van der Waals surface area (Å²) in [6.45, 7) is 6.34. The van der Waals surface area contributed by atoms with E-state index < -0.39 is 11.5 Å². The number of nitriles is 1. The lowest BCUT2D eigenvalue weighted by molar-refractivity contribution is 0.269. The third kappa shape index (κ3) is 4.41. The zero-order valence-corrected chi connectivity index (χ0v) is 18.7. The molecule has 1 aliphatic rings. The van der Waals surface area contributed by atoms with Crippen LogP contribution in [0.2, 0.25) is 0 Å². The molecular formula is C26H24N2O5. The van der Waals surface area contributed by atoms with Gasteiger partial charge in [0.1, 0.15) is 29.8 Å². The minimum Gasteiger partial charge on any atom is -0.490 e. The highest BCUT2D eigenvalue weighted by Gasteiger charge is 2.34. The summed E-state index contributed by atoms with van der Waals surface area (Å²) >= 11 is 0. The molecule has 1 aromatic heterocycles. The average molecular weight is 444 g/mol. The maximum Gasteiger partial charge on any atom is 0.343 e. The van der Waals surface area contributed by atoms with Gasteiger partial charge in [0.15, 0.2) is 11.5 Å². The van der Waals surface area contributed by atoms with E-state index in [9.17, 15) is 10.1 Å². The van der Waals surface area contributed by atoms with E-state index in [1.165, 1.54) is 5.56 Å². The summed E-state index contributed by atoms with van der Waals surface area (Å²) < 4.78 is 22.7. The van der Waals surface area contributed by atoms with Gasteiger partial charge in [-0.25, -0.2) is 4.79 Å². The van der Waals surface area contributed by atoms with Crippen molar-refractivity contribution >= 4 is 0 Å². The summed E-state index contributed by atoms with van der Waals surface area (Å²) in [5, 5.41) is 9.76. The van der Waals surface area contributed by atoms with Crippen LogP contribution in [-0.2, 0) is 6.61 Å². The number of nitrogens with zero attached hydrogens (tertiary/aromatic N) is 1. The molecule has 0 radical (unpaired) electrons. The smallest absolute Gasteiger partial charge is 0.343 e. The van der Waals surface area contributed by atoms with E-state index in [2.05, 4.69) is 6.07 Å². The Morgan fingerprint density at radius 1 is 1.06 bits per heavy atom. The van der Waals surface area contributed by atoms with Gasteiger partial charge in [-0.05, 0) is 44.0 Å². The van der Waals surface area contributed by atoms with Crippen LogP contribution in [0.4, 0.5) is 0 Å². The minimum absolute atomic E-state index is 0.0438. The van der Waals surface area contributed by atoms with E-state index in [1.807, 2.05) is 38.1 Å². The molecule has 1 unspecified atom stereocenters. The van der Waals surface area contributed by atoms with Crippen molar-refractivity contribution in [2.45, 2.75) is 33.3 Å². The van der Waals surface area contributed by atoms with Gasteiger partial charge >= 0.3 is 5.63 Å². The van der Waals surface area contributed by atoms with Gasteiger partial charge < -0.3 is 24.4 Å². The second-order valence-electron chi connectivity index (χ2n) is 7.76. The van der Waals surface area contributed by atoms with E-state index in [1.54, 1.807) is 31.2 Å². The molecule has 0 aliphatic carbocycles. The van der Waals surface area contributed by atoms with Gasteiger partial charge in [0, 0.05) is 6.07 Å². The van der Waals surface area contributed by atoms with E-state index in [4.69, 9.17) is 24.4 Å². The summed E-state index contributed by atoms with van der Waals surface area (Å²) in [5.74, 6) is 0.935. The first-order valence-corrected chi connectivity index (χ1v) is 10.6. The molecule has 4 rings (SSSR count). The van der Waals surface area contributed by atoms with Crippen LogP contribution < -0.4 is 25.6 Å². The quantitative estimate of drug-likeness (QED) is 0.598. The van der Waals surface area contributed by atoms with Crippen molar-refractivity contribution in [3.05, 3.63) is 98.4 Å². The number of hydrogen-bond donors (Lipinski definition) is 1. The molecule has 168 valence electrons. The lowest BCUT2D eigenvalue weighted by atomic mass is 9.84. The lowest BCUT2D eigenvalue weighted by Gasteiger charge is -2.25. The number of nitrogens with two attached hydrogens (primary N) is 1. The maximum atomic E-state index is 12.7. The van der Waals surface area contributed by atoms with Crippen LogP contribution in [0.5, 0.6) is 17.2 Å². The molecule has 1 aliphatic heterocycles. The maximum absolute atomic E-state index is 12.7. The second kappa shape index (κ2) is 9.13. The largest absolute Gasteiger partial charge is 0.490 e. The van der Waals surface area contributed by atoms with Crippen molar-refractivity contribution in [2.24, 2.45) is 5.73 Å². The topological polar surface area (TPSA) is 108 Å². The Bertz CT molecular complexity index is 1320. The van der Waals surface area contributed by atoms with Gasteiger partial charge in [-0.3, -0.25) is 0 Å². The Kier molecular flexibility index (Phi) is 6.09. The molecule has 0 bridgehead atoms. The highest BCUT2D eigenvalue weighted by molar-refractivity contribution is 5.57. The van der Waals surface area contributed by atoms with Crippen LogP contribution in [-0.4, -0.2) is 6.61 Å². The molecule has 2 aromatic carbocycles. The van der Waals surface area contributed by atoms with Crippen molar-refractivity contribution in [3.8, 4) is 23.3 Å². The molecule has 1 atom stereocenters. The average Bonchev–Trinajstić information content (AvgIpc) is 2.78. The Hall–Kier alpha value is -4.18. The molecule has 0 spiro atoms. The Balaban J connectivity index is 1.74. The van der Waals surface area contributed by atoms with Crippen LogP contribution in [0.15, 0.2) is 69.2 Å². The van der Waals surface area contributed by atoms with E-state index in [0.29, 0.717) is 36.0 Å². The third-order valence-corrected chi connectivity index (χ3v) is 5.37. The van der Waals surface area contributed by atoms with Crippen molar-refractivity contribution in [2.75, 3.05) is 6.61 Å². The van der Waals surface area contributed by atoms with Gasteiger partial charge in [0.05, 0.1) is 18.1 Å². The fourth-order valence-electron chi connectivity index (χ4n) is 3.79. The molecule has 7 heteroatoms. The van der Waals surface area contributed by atoms with Crippen molar-refractivity contribution in [1.82, 2.24) is 0 Å². The Morgan fingerprint density at radius 2 is 1.82 bits per heavy atom. The molecule has 0 amide bonds. The van der Waals surface area contributed by atoms with Crippen LogP contribution in [0, 0.1) is 25.2 Å². The van der Waals surface area contributed by atoms with Crippen molar-refractivity contribution < 1.29 is 18.6 Å². The molecular weight excluding hydrogens is 420 g/mol. The predicted octanol–water partition coefficient (Wildman–Crippen LogP) is 4.45. The molecule has 2 N–H and O–H groups in total. The second-order valence-corrected chi connectivity index (χ2v) is 7.76. The number of hydrogen-bond acceptors (Lipinski definition) is 7. The number of fused-ring (bicyclic) bond motifs is 1. The standard InChI is InChI=1S/C26H24N2O5/c1-4-30-21-12-18(9-10-20(21)31-14-17-7-5-15(2)6-8-17)23-19(13-27)25(28)33-22-11-16(3)32-26(29)24(22)23/h5-12,23H,4,14,28H2,1-3H3. The van der Waals surface area contributed by atoms with Gasteiger partial charge in [-0.2, -0.15) is 5.26 Å². The third-order valence-electron chi connectivity index (χ3n) is 5.37. The minimum atomic E-state index is -0.749. The first-order chi connectivity index (χ1) is 15.9. The molecule has 2 heterocycles. The molecule has 3 aromatic rings. The predicted molar refractivity (Wildman–Crippen MR) is 122 cm³/mol. The zero-order valence-electron chi connectivity index (χ0n) is 18.7. The first-order valence-electron chi connectivity index (χ1n) is 10.6. The normalized spacial score (nSPS) is 14.8. The SMILES string of the molecule is CCOc1cc(C2C(C#N)=C(N)Oc3cc(C)oc(=O)c32)ccc1OCc1ccc(C)cc1. The van der Waals surface area contributed by atoms with Crippen LogP contribution >= 0.6 is 0 Å². The fourth-order valence-corrected chi connectivity index (χ4v) is 3.79. The summed E-state index contributed by atoms with van der Waals surface area (Å²) in [7, 11) is 0. The van der Waals surface area contributed by atoms with Crippen molar-refractivity contribution in [3.63, 3.8) is 0 Å². The molecule has 7 nitrogen and oxygen atoms in total. The first kappa shape index (κ1) is 22.0. The summed E-state index contributed by atoms with van der Waals surface area (Å²) in [6.07, 6.45) is 0. The Morgan fingerprint density at radius 3 is 2.52 bits per heavy atom. The number of rotatable bonds is 6. The monoisotopic (exact) mass is 444 g/mol. The number of allylic oxidation sites excluding steroid dienone is 1. The molecule has 0 fully saturated rings. The van der Waals surface area contributed by atoms with E-state index >= 15 is 0 Å². The fraction of sp³-hybridized carbons (Fsp3) is 0.231. The molecule has 33 heavy (non-hydrogen) atoms. The van der Waals surface area contributed by atoms with Gasteiger partial charge in [-0.15, -0.1) is 0 Å². The van der Waals surface area contributed by atoms with Gasteiger partial charge in [0.25, 0.3) is 0 Å². The van der Waals surface area contributed by atoms with E-state index in [-0.39, 0.29) is 22.8 Å². The van der Waals surface area contributed by atoms with Crippen LogP contribution in [0.25, 0.3) is 0 Å². The number of ether oxygens (including phenoxy) is 3. The number of aryl methyl sites for hydroxylation is 2. The summed E-state index contributed by atoms with van der Waals surface area (Å²) in [4.78, 5) is 12.7. The Labute approximate surface area is 191 Å². The summed E-state index contributed by atoms with van der Waals surface area (Å²) in [6, 6.07) is 17.1. The molecule has 0 saturated carbocycles. The van der Waals surface area contributed by atoms with E-state index in [0.717, 1.165) is 5.56 Å². The highest BCUT2D eigenvalue weighted by Crippen LogP contribution is 2.42.